The Morgan fingerprint density at radius 3 is 2.36 bits per heavy atom. The number of nitrogens with two attached hydrogens (primary N) is 1. The summed E-state index contributed by atoms with van der Waals surface area (Å²) in [6, 6.07) is 0. The smallest absolute Gasteiger partial charge is 0.0777 e. The maximum atomic E-state index is 6.05. The molecular formula is C9H10Cl2N2O. The van der Waals surface area contributed by atoms with Gasteiger partial charge in [0.1, 0.15) is 0 Å². The third kappa shape index (κ3) is 1.61. The molecule has 0 saturated heterocycles. The van der Waals surface area contributed by atoms with Crippen LogP contribution in [0.15, 0.2) is 12.4 Å². The van der Waals surface area contributed by atoms with E-state index < -0.39 is 0 Å². The van der Waals surface area contributed by atoms with E-state index >= 15 is 0 Å². The third-order valence-electron chi connectivity index (χ3n) is 2.60. The monoisotopic (exact) mass is 232 g/mol. The molecule has 1 aromatic heterocycles. The second-order valence-corrected chi connectivity index (χ2v) is 4.38. The Bertz CT molecular complexity index is 332. The van der Waals surface area contributed by atoms with Crippen molar-refractivity contribution in [3.8, 4) is 0 Å². The van der Waals surface area contributed by atoms with Crippen LogP contribution in [0.4, 0.5) is 0 Å². The molecule has 76 valence electrons. The lowest BCUT2D eigenvalue weighted by molar-refractivity contribution is 0.116. The molecule has 2 rings (SSSR count). The Morgan fingerprint density at radius 2 is 1.93 bits per heavy atom. The molecule has 1 aliphatic rings. The van der Waals surface area contributed by atoms with Crippen molar-refractivity contribution < 1.29 is 4.84 Å². The van der Waals surface area contributed by atoms with Gasteiger partial charge in [0.15, 0.2) is 0 Å². The molecule has 1 fully saturated rings. The Morgan fingerprint density at radius 1 is 1.36 bits per heavy atom. The zero-order valence-electron chi connectivity index (χ0n) is 7.46. The summed E-state index contributed by atoms with van der Waals surface area (Å²) in [6.45, 7) is 0.455. The molecule has 1 aromatic rings. The highest BCUT2D eigenvalue weighted by Gasteiger charge is 2.47. The summed E-state index contributed by atoms with van der Waals surface area (Å²) in [7, 11) is 0. The van der Waals surface area contributed by atoms with E-state index in [2.05, 4.69) is 4.98 Å². The van der Waals surface area contributed by atoms with Gasteiger partial charge in [-0.2, -0.15) is 0 Å². The van der Waals surface area contributed by atoms with Gasteiger partial charge in [-0.1, -0.05) is 23.2 Å². The lowest BCUT2D eigenvalue weighted by Crippen LogP contribution is -2.19. The van der Waals surface area contributed by atoms with E-state index in [1.807, 2.05) is 0 Å². The standard InChI is InChI=1S/C9H10Cl2N2O/c10-6-3-13-4-7(11)8(6)9(1-2-9)5-14-12/h3-4H,1-2,5,12H2. The Labute approximate surface area is 92.1 Å². The predicted molar refractivity (Wildman–Crippen MR) is 55.3 cm³/mol. The summed E-state index contributed by atoms with van der Waals surface area (Å²) >= 11 is 12.1. The SMILES string of the molecule is NOCC1(c2c(Cl)cncc2Cl)CC1. The number of aromatic nitrogens is 1. The number of pyridine rings is 1. The van der Waals surface area contributed by atoms with Crippen LogP contribution in [0.5, 0.6) is 0 Å². The maximum Gasteiger partial charge on any atom is 0.0777 e. The first-order valence-electron chi connectivity index (χ1n) is 4.31. The van der Waals surface area contributed by atoms with Crippen molar-refractivity contribution in [2.45, 2.75) is 18.3 Å². The van der Waals surface area contributed by atoms with Gasteiger partial charge in [0.05, 0.1) is 16.7 Å². The minimum Gasteiger partial charge on any atom is -0.304 e. The number of rotatable bonds is 3. The molecule has 2 N–H and O–H groups in total. The van der Waals surface area contributed by atoms with Gasteiger partial charge >= 0.3 is 0 Å². The number of nitrogens with zero attached hydrogens (tertiary/aromatic N) is 1. The largest absolute Gasteiger partial charge is 0.304 e. The first kappa shape index (κ1) is 10.2. The van der Waals surface area contributed by atoms with Crippen molar-refractivity contribution in [3.05, 3.63) is 28.0 Å². The first-order valence-corrected chi connectivity index (χ1v) is 5.06. The van der Waals surface area contributed by atoms with E-state index in [0.29, 0.717) is 16.7 Å². The number of halogens is 2. The van der Waals surface area contributed by atoms with Crippen LogP contribution >= 0.6 is 23.2 Å². The predicted octanol–water partition coefficient (Wildman–Crippen LogP) is 2.31. The molecule has 0 radical (unpaired) electrons. The van der Waals surface area contributed by atoms with Crippen molar-refractivity contribution in [2.24, 2.45) is 5.90 Å². The second-order valence-electron chi connectivity index (χ2n) is 3.57. The molecule has 14 heavy (non-hydrogen) atoms. The van der Waals surface area contributed by atoms with Crippen molar-refractivity contribution in [2.75, 3.05) is 6.61 Å². The van der Waals surface area contributed by atoms with Crippen LogP contribution in [0, 0.1) is 0 Å². The fourth-order valence-corrected chi connectivity index (χ4v) is 2.46. The van der Waals surface area contributed by atoms with Crippen molar-refractivity contribution in [3.63, 3.8) is 0 Å². The molecule has 3 nitrogen and oxygen atoms in total. The van der Waals surface area contributed by atoms with Gasteiger partial charge in [-0.25, -0.2) is 5.90 Å². The van der Waals surface area contributed by atoms with E-state index in [0.717, 1.165) is 18.4 Å². The van der Waals surface area contributed by atoms with Gasteiger partial charge in [0.25, 0.3) is 0 Å². The van der Waals surface area contributed by atoms with Crippen LogP contribution in [0.1, 0.15) is 18.4 Å². The average Bonchev–Trinajstić information content (AvgIpc) is 2.86. The Balaban J connectivity index is 2.40. The van der Waals surface area contributed by atoms with Gasteiger partial charge in [-0.05, 0) is 12.8 Å². The van der Waals surface area contributed by atoms with E-state index in [1.54, 1.807) is 12.4 Å². The molecule has 0 bridgehead atoms. The van der Waals surface area contributed by atoms with Crippen LogP contribution < -0.4 is 5.90 Å². The molecule has 1 saturated carbocycles. The van der Waals surface area contributed by atoms with Crippen LogP contribution in [-0.2, 0) is 10.3 Å². The fourth-order valence-electron chi connectivity index (χ4n) is 1.69. The fraction of sp³-hybridized carbons (Fsp3) is 0.444. The summed E-state index contributed by atoms with van der Waals surface area (Å²) in [6.07, 6.45) is 5.21. The van der Waals surface area contributed by atoms with Crippen molar-refractivity contribution in [1.82, 2.24) is 4.98 Å². The highest BCUT2D eigenvalue weighted by atomic mass is 35.5. The van der Waals surface area contributed by atoms with Gasteiger partial charge in [-0.3, -0.25) is 4.98 Å². The lowest BCUT2D eigenvalue weighted by Gasteiger charge is -2.16. The van der Waals surface area contributed by atoms with Gasteiger partial charge < -0.3 is 4.84 Å². The average molecular weight is 233 g/mol. The molecule has 0 unspecified atom stereocenters. The summed E-state index contributed by atoms with van der Waals surface area (Å²) < 4.78 is 0. The van der Waals surface area contributed by atoms with E-state index in [4.69, 9.17) is 33.9 Å². The minimum atomic E-state index is -0.0775. The Kier molecular flexibility index (Phi) is 2.66. The summed E-state index contributed by atoms with van der Waals surface area (Å²) in [5.41, 5.74) is 0.840. The molecule has 0 aliphatic heterocycles. The molecular weight excluding hydrogens is 223 g/mol. The molecule has 5 heteroatoms. The molecule has 0 spiro atoms. The van der Waals surface area contributed by atoms with Gasteiger partial charge in [-0.15, -0.1) is 0 Å². The van der Waals surface area contributed by atoms with E-state index in [-0.39, 0.29) is 5.41 Å². The molecule has 1 heterocycles. The van der Waals surface area contributed by atoms with Crippen LogP contribution in [0.3, 0.4) is 0 Å². The summed E-state index contributed by atoms with van der Waals surface area (Å²) in [5.74, 6) is 5.09. The van der Waals surface area contributed by atoms with Gasteiger partial charge in [0, 0.05) is 23.4 Å². The number of hydrogen-bond acceptors (Lipinski definition) is 3. The molecule has 1 aliphatic carbocycles. The van der Waals surface area contributed by atoms with Crippen molar-refractivity contribution >= 4 is 23.2 Å². The lowest BCUT2D eigenvalue weighted by atomic mass is 9.98. The van der Waals surface area contributed by atoms with Gasteiger partial charge in [0.2, 0.25) is 0 Å². The first-order chi connectivity index (χ1) is 6.69. The molecule has 0 amide bonds. The second kappa shape index (κ2) is 3.66. The van der Waals surface area contributed by atoms with E-state index in [9.17, 15) is 0 Å². The number of hydrogen-bond donors (Lipinski definition) is 1. The highest BCUT2D eigenvalue weighted by molar-refractivity contribution is 6.36. The summed E-state index contributed by atoms with van der Waals surface area (Å²) in [5, 5.41) is 1.18. The quantitative estimate of drug-likeness (QED) is 0.815. The highest BCUT2D eigenvalue weighted by Crippen LogP contribution is 2.52. The Hall–Kier alpha value is -0.350. The summed E-state index contributed by atoms with van der Waals surface area (Å²) in [4.78, 5) is 8.61. The van der Waals surface area contributed by atoms with Crippen LogP contribution in [0.25, 0.3) is 0 Å². The normalized spacial score (nSPS) is 18.2. The zero-order chi connectivity index (χ0) is 10.2. The maximum absolute atomic E-state index is 6.05. The molecule has 0 aromatic carbocycles. The topological polar surface area (TPSA) is 48.1 Å². The van der Waals surface area contributed by atoms with Crippen LogP contribution in [-0.4, -0.2) is 11.6 Å². The third-order valence-corrected chi connectivity index (χ3v) is 3.17. The van der Waals surface area contributed by atoms with Crippen molar-refractivity contribution in [1.29, 1.82) is 0 Å². The van der Waals surface area contributed by atoms with E-state index in [1.165, 1.54) is 0 Å². The minimum absolute atomic E-state index is 0.0775. The van der Waals surface area contributed by atoms with Crippen LogP contribution in [0.2, 0.25) is 10.0 Å². The zero-order valence-corrected chi connectivity index (χ0v) is 8.98. The molecule has 0 atom stereocenters.